The number of hydrogen-bond donors (Lipinski definition) is 0. The molecule has 1 aliphatic carbocycles. The molecular weight excluding hydrogens is 192 g/mol. The van der Waals surface area contributed by atoms with Crippen molar-refractivity contribution in [3.05, 3.63) is 29.3 Å². The number of ketones is 1. The van der Waals surface area contributed by atoms with Gasteiger partial charge in [0.25, 0.3) is 0 Å². The molecule has 0 saturated heterocycles. The molecule has 0 N–H and O–H groups in total. The Morgan fingerprint density at radius 2 is 2.33 bits per heavy atom. The van der Waals surface area contributed by atoms with Gasteiger partial charge in [-0.25, -0.2) is 0 Å². The molecule has 3 heteroatoms. The number of methoxy groups -OCH3 is 1. The summed E-state index contributed by atoms with van der Waals surface area (Å²) in [5.74, 6) is 0.147. The number of fused-ring (bicyclic) bond motifs is 1. The van der Waals surface area contributed by atoms with Crippen molar-refractivity contribution >= 4 is 12.1 Å². The summed E-state index contributed by atoms with van der Waals surface area (Å²) in [4.78, 5) is 21.8. The van der Waals surface area contributed by atoms with Crippen molar-refractivity contribution in [3.63, 3.8) is 0 Å². The van der Waals surface area contributed by atoms with E-state index in [1.807, 2.05) is 18.2 Å². The van der Waals surface area contributed by atoms with Crippen LogP contribution >= 0.6 is 0 Å². The van der Waals surface area contributed by atoms with Gasteiger partial charge in [0.2, 0.25) is 5.78 Å². The minimum absolute atomic E-state index is 0.257. The van der Waals surface area contributed by atoms with E-state index < -0.39 is 0 Å². The lowest BCUT2D eigenvalue weighted by atomic mass is 9.97. The zero-order valence-electron chi connectivity index (χ0n) is 8.53. The fraction of sp³-hybridized carbons (Fsp3) is 0.333. The summed E-state index contributed by atoms with van der Waals surface area (Å²) in [6.45, 7) is 0. The highest BCUT2D eigenvalue weighted by atomic mass is 16.5. The Bertz CT molecular complexity index is 409. The van der Waals surface area contributed by atoms with Crippen LogP contribution in [-0.2, 0) is 16.0 Å². The maximum atomic E-state index is 11.4. The molecule has 15 heavy (non-hydrogen) atoms. The van der Waals surface area contributed by atoms with Gasteiger partial charge in [-0.3, -0.25) is 9.59 Å². The smallest absolute Gasteiger partial charge is 0.202 e. The third-order valence-corrected chi connectivity index (χ3v) is 2.89. The summed E-state index contributed by atoms with van der Waals surface area (Å²) in [6, 6.07) is 5.70. The molecule has 0 saturated carbocycles. The van der Waals surface area contributed by atoms with Crippen molar-refractivity contribution in [1.82, 2.24) is 0 Å². The van der Waals surface area contributed by atoms with Crippen LogP contribution < -0.4 is 4.74 Å². The fourth-order valence-electron chi connectivity index (χ4n) is 2.09. The number of rotatable bonds is 3. The van der Waals surface area contributed by atoms with Gasteiger partial charge in [0.15, 0.2) is 6.29 Å². The van der Waals surface area contributed by atoms with Crippen molar-refractivity contribution in [2.45, 2.75) is 18.8 Å². The molecule has 1 aromatic rings. The normalized spacial score (nSPS) is 18.3. The molecule has 78 valence electrons. The number of aldehydes is 1. The highest BCUT2D eigenvalue weighted by Crippen LogP contribution is 2.35. The molecule has 0 aromatic heterocycles. The van der Waals surface area contributed by atoms with Crippen LogP contribution in [0.15, 0.2) is 18.2 Å². The van der Waals surface area contributed by atoms with Crippen molar-refractivity contribution in [2.75, 3.05) is 7.11 Å². The lowest BCUT2D eigenvalue weighted by Gasteiger charge is -2.08. The van der Waals surface area contributed by atoms with E-state index in [-0.39, 0.29) is 11.7 Å². The van der Waals surface area contributed by atoms with Gasteiger partial charge >= 0.3 is 0 Å². The predicted octanol–water partition coefficient (Wildman–Crippen LogP) is 1.49. The zero-order valence-corrected chi connectivity index (χ0v) is 8.53. The second-order valence-electron chi connectivity index (χ2n) is 3.68. The second kappa shape index (κ2) is 3.85. The molecule has 1 unspecified atom stereocenters. The molecule has 0 spiro atoms. The Balaban J connectivity index is 2.39. The summed E-state index contributed by atoms with van der Waals surface area (Å²) >= 11 is 0. The van der Waals surface area contributed by atoms with Crippen LogP contribution in [0.25, 0.3) is 0 Å². The summed E-state index contributed by atoms with van der Waals surface area (Å²) in [5.41, 5.74) is 2.10. The lowest BCUT2D eigenvalue weighted by molar-refractivity contribution is -0.130. The van der Waals surface area contributed by atoms with E-state index in [0.29, 0.717) is 6.29 Å². The van der Waals surface area contributed by atoms with E-state index in [4.69, 9.17) is 4.74 Å². The first-order chi connectivity index (χ1) is 7.26. The first kappa shape index (κ1) is 9.90. The summed E-state index contributed by atoms with van der Waals surface area (Å²) in [5, 5.41) is 0. The van der Waals surface area contributed by atoms with Crippen molar-refractivity contribution in [2.24, 2.45) is 0 Å². The molecule has 3 nitrogen and oxygen atoms in total. The first-order valence-corrected chi connectivity index (χ1v) is 4.92. The Hall–Kier alpha value is -1.64. The van der Waals surface area contributed by atoms with Gasteiger partial charge in [-0.15, -0.1) is 0 Å². The van der Waals surface area contributed by atoms with Crippen LogP contribution in [0, 0.1) is 0 Å². The van der Waals surface area contributed by atoms with Crippen LogP contribution in [0.3, 0.4) is 0 Å². The number of ether oxygens (including phenoxy) is 1. The average molecular weight is 204 g/mol. The van der Waals surface area contributed by atoms with E-state index in [2.05, 4.69) is 0 Å². The number of aryl methyl sites for hydroxylation is 1. The topological polar surface area (TPSA) is 43.4 Å². The molecular formula is C12H12O3. The van der Waals surface area contributed by atoms with Crippen molar-refractivity contribution in [1.29, 1.82) is 0 Å². The van der Waals surface area contributed by atoms with Gasteiger partial charge in [0, 0.05) is 0 Å². The molecule has 1 aliphatic rings. The zero-order chi connectivity index (χ0) is 10.8. The molecule has 1 atom stereocenters. The van der Waals surface area contributed by atoms with E-state index >= 15 is 0 Å². The minimum Gasteiger partial charge on any atom is -0.497 e. The van der Waals surface area contributed by atoms with Crippen molar-refractivity contribution in [3.8, 4) is 5.75 Å². The minimum atomic E-state index is -0.331. The molecule has 0 amide bonds. The van der Waals surface area contributed by atoms with Crippen LogP contribution in [0.2, 0.25) is 0 Å². The number of Topliss-reactive ketones (excluding diaryl/α,β-unsaturated/α-hetero) is 1. The molecule has 0 fully saturated rings. The third kappa shape index (κ3) is 1.65. The molecule has 2 rings (SSSR count). The monoisotopic (exact) mass is 204 g/mol. The second-order valence-corrected chi connectivity index (χ2v) is 3.68. The van der Waals surface area contributed by atoms with E-state index in [1.54, 1.807) is 7.11 Å². The van der Waals surface area contributed by atoms with E-state index in [0.717, 1.165) is 29.7 Å². The van der Waals surface area contributed by atoms with Gasteiger partial charge in [-0.1, -0.05) is 6.07 Å². The SMILES string of the molecule is COc1ccc2c(c1)C(C(=O)C=O)CC2. The van der Waals surface area contributed by atoms with Crippen LogP contribution in [0.5, 0.6) is 5.75 Å². The third-order valence-electron chi connectivity index (χ3n) is 2.89. The van der Waals surface area contributed by atoms with Crippen LogP contribution in [0.4, 0.5) is 0 Å². The van der Waals surface area contributed by atoms with Crippen molar-refractivity contribution < 1.29 is 14.3 Å². The first-order valence-electron chi connectivity index (χ1n) is 4.92. The highest BCUT2D eigenvalue weighted by Gasteiger charge is 2.28. The Morgan fingerprint density at radius 1 is 1.53 bits per heavy atom. The summed E-state index contributed by atoms with van der Waals surface area (Å²) in [6.07, 6.45) is 2.02. The van der Waals surface area contributed by atoms with E-state index in [1.165, 1.54) is 0 Å². The maximum Gasteiger partial charge on any atom is 0.202 e. The van der Waals surface area contributed by atoms with Gasteiger partial charge < -0.3 is 4.74 Å². The largest absolute Gasteiger partial charge is 0.497 e. The van der Waals surface area contributed by atoms with Crippen LogP contribution in [-0.4, -0.2) is 19.2 Å². The maximum absolute atomic E-state index is 11.4. The summed E-state index contributed by atoms with van der Waals surface area (Å²) in [7, 11) is 1.59. The number of benzene rings is 1. The molecule has 1 aromatic carbocycles. The van der Waals surface area contributed by atoms with Crippen LogP contribution in [0.1, 0.15) is 23.5 Å². The summed E-state index contributed by atoms with van der Waals surface area (Å²) < 4.78 is 5.10. The highest BCUT2D eigenvalue weighted by molar-refractivity contribution is 6.27. The quantitative estimate of drug-likeness (QED) is 0.553. The standard InChI is InChI=1S/C12H12O3/c1-15-9-4-2-8-3-5-10(11(8)6-9)12(14)7-13/h2,4,6-7,10H,3,5H2,1H3. The number of carbonyl (C=O) groups excluding carboxylic acids is 2. The predicted molar refractivity (Wildman–Crippen MR) is 55.1 cm³/mol. The molecule has 0 heterocycles. The van der Waals surface area contributed by atoms with Gasteiger partial charge in [-0.05, 0) is 36.1 Å². The van der Waals surface area contributed by atoms with Gasteiger partial charge in [0.1, 0.15) is 5.75 Å². The van der Waals surface area contributed by atoms with Gasteiger partial charge in [-0.2, -0.15) is 0 Å². The number of hydrogen-bond acceptors (Lipinski definition) is 3. The fourth-order valence-corrected chi connectivity index (χ4v) is 2.09. The Labute approximate surface area is 88.1 Å². The Morgan fingerprint density at radius 3 is 3.00 bits per heavy atom. The molecule has 0 bridgehead atoms. The van der Waals surface area contributed by atoms with Gasteiger partial charge in [0.05, 0.1) is 13.0 Å². The molecule has 0 aliphatic heterocycles. The number of carbonyl (C=O) groups is 2. The Kier molecular flexibility index (Phi) is 2.54. The van der Waals surface area contributed by atoms with E-state index in [9.17, 15) is 9.59 Å². The average Bonchev–Trinajstić information content (AvgIpc) is 2.70. The lowest BCUT2D eigenvalue weighted by Crippen LogP contribution is -2.10. The molecule has 0 radical (unpaired) electrons.